The van der Waals surface area contributed by atoms with Gasteiger partial charge >= 0.3 is 0 Å². The Kier molecular flexibility index (Phi) is 23.8. The monoisotopic (exact) mass is 758 g/mol. The van der Waals surface area contributed by atoms with Crippen LogP contribution < -0.4 is 16.0 Å². The van der Waals surface area contributed by atoms with Crippen LogP contribution in [0.3, 0.4) is 0 Å². The van der Waals surface area contributed by atoms with Gasteiger partial charge in [-0.05, 0) is 64.3 Å². The second kappa shape index (κ2) is 28.0. The predicted molar refractivity (Wildman–Crippen MR) is 218 cm³/mol. The molecule has 3 fully saturated rings. The molecule has 0 aromatic carbocycles. The van der Waals surface area contributed by atoms with Crippen molar-refractivity contribution < 1.29 is 24.0 Å². The Labute approximate surface area is 328 Å². The third-order valence-electron chi connectivity index (χ3n) is 12.0. The van der Waals surface area contributed by atoms with Crippen molar-refractivity contribution in [2.45, 2.75) is 212 Å². The number of unbranched alkanes of at least 4 members (excludes halogenated alkanes) is 18. The average Bonchev–Trinajstić information content (AvgIpc) is 3.99. The first kappa shape index (κ1) is 45.9. The number of carbonyl (C=O) groups excluding carboxylic acids is 5. The van der Waals surface area contributed by atoms with Crippen LogP contribution in [-0.4, -0.2) is 90.1 Å². The zero-order valence-electron chi connectivity index (χ0n) is 34.6. The van der Waals surface area contributed by atoms with E-state index < -0.39 is 18.0 Å². The molecule has 3 saturated heterocycles. The summed E-state index contributed by atoms with van der Waals surface area (Å²) >= 11 is 0. The number of carbonyl (C=O) groups is 5. The summed E-state index contributed by atoms with van der Waals surface area (Å²) in [6.45, 7) is 7.41. The van der Waals surface area contributed by atoms with Gasteiger partial charge < -0.3 is 25.8 Å². The minimum Gasteiger partial charge on any atom is -0.356 e. The molecule has 3 N–H and O–H groups in total. The summed E-state index contributed by atoms with van der Waals surface area (Å²) in [6.07, 6.45) is 28.8. The number of hydrogen-bond acceptors (Lipinski definition) is 6. The molecule has 310 valence electrons. The molecule has 10 nitrogen and oxygen atoms in total. The van der Waals surface area contributed by atoms with Crippen LogP contribution in [0.15, 0.2) is 0 Å². The van der Waals surface area contributed by atoms with Crippen LogP contribution in [0.1, 0.15) is 194 Å². The Morgan fingerprint density at radius 1 is 0.574 bits per heavy atom. The fourth-order valence-electron chi connectivity index (χ4n) is 8.69. The Hall–Kier alpha value is -2.49. The van der Waals surface area contributed by atoms with E-state index in [9.17, 15) is 24.0 Å². The van der Waals surface area contributed by atoms with Gasteiger partial charge in [0.25, 0.3) is 0 Å². The summed E-state index contributed by atoms with van der Waals surface area (Å²) in [6, 6.07) is -1.51. The van der Waals surface area contributed by atoms with Gasteiger partial charge in [-0.2, -0.15) is 0 Å². The molecule has 3 heterocycles. The van der Waals surface area contributed by atoms with E-state index in [1.54, 1.807) is 9.80 Å². The number of amides is 4. The van der Waals surface area contributed by atoms with Crippen molar-refractivity contribution in [2.24, 2.45) is 5.92 Å². The highest BCUT2D eigenvalue weighted by Crippen LogP contribution is 2.29. The fourth-order valence-corrected chi connectivity index (χ4v) is 8.69. The maximum absolute atomic E-state index is 14.2. The zero-order chi connectivity index (χ0) is 38.8. The van der Waals surface area contributed by atoms with Gasteiger partial charge in [0.2, 0.25) is 23.6 Å². The predicted octanol–water partition coefficient (Wildman–Crippen LogP) is 7.76. The molecule has 3 rings (SSSR count). The van der Waals surface area contributed by atoms with E-state index in [4.69, 9.17) is 0 Å². The highest BCUT2D eigenvalue weighted by Gasteiger charge is 2.45. The van der Waals surface area contributed by atoms with Gasteiger partial charge in [0.05, 0.1) is 18.0 Å². The molecule has 1 unspecified atom stereocenters. The third-order valence-corrected chi connectivity index (χ3v) is 12.0. The molecule has 0 bridgehead atoms. The number of nitrogens with zero attached hydrogens (tertiary/aromatic N) is 2. The van der Waals surface area contributed by atoms with Crippen molar-refractivity contribution in [3.05, 3.63) is 0 Å². The van der Waals surface area contributed by atoms with Crippen molar-refractivity contribution in [3.8, 4) is 0 Å². The lowest BCUT2D eigenvalue weighted by Gasteiger charge is -2.33. The lowest BCUT2D eigenvalue weighted by molar-refractivity contribution is -0.148. The molecular formula is C44H79N5O5. The van der Waals surface area contributed by atoms with E-state index in [0.717, 1.165) is 57.9 Å². The number of rotatable bonds is 30. The number of likely N-dealkylation sites (tertiary alicyclic amines) is 2. The maximum Gasteiger partial charge on any atom is 0.245 e. The van der Waals surface area contributed by atoms with Gasteiger partial charge in [0.15, 0.2) is 5.78 Å². The Bertz CT molecular complexity index is 1100. The molecule has 4 amide bonds. The largest absolute Gasteiger partial charge is 0.356 e. The summed E-state index contributed by atoms with van der Waals surface area (Å²) in [5.74, 6) is -1.91. The van der Waals surface area contributed by atoms with Gasteiger partial charge in [-0.15, -0.1) is 0 Å². The minimum absolute atomic E-state index is 0.0153. The van der Waals surface area contributed by atoms with Crippen LogP contribution in [0, 0.1) is 5.92 Å². The first-order valence-corrected chi connectivity index (χ1v) is 22.8. The lowest BCUT2D eigenvalue weighted by atomic mass is 9.90. The second-order valence-corrected chi connectivity index (χ2v) is 16.5. The summed E-state index contributed by atoms with van der Waals surface area (Å²) in [7, 11) is 0. The van der Waals surface area contributed by atoms with Gasteiger partial charge in [0.1, 0.15) is 6.04 Å². The SMILES string of the molecule is CCCCCCCCCCCCNC(=O)CCC(C(=O)NCCCCCCCCCCCC)C(=O)[C@@H]1CCCN1C(=O)[C@@H]1CCCN1C(=O)[C@@H]1CCCN1. The molecule has 10 heteroatoms. The number of nitrogens with one attached hydrogen (secondary N) is 3. The van der Waals surface area contributed by atoms with Crippen molar-refractivity contribution in [1.29, 1.82) is 0 Å². The molecule has 54 heavy (non-hydrogen) atoms. The summed E-state index contributed by atoms with van der Waals surface area (Å²) < 4.78 is 0. The minimum atomic E-state index is -0.987. The highest BCUT2D eigenvalue weighted by molar-refractivity contribution is 6.05. The molecule has 0 aromatic heterocycles. The van der Waals surface area contributed by atoms with E-state index in [2.05, 4.69) is 29.8 Å². The standard InChI is InChI=1S/C44H79N5O5/c1-3-5-7-9-11-13-15-17-19-21-31-46-40(50)30-29-36(42(52)47-32-22-20-18-16-14-12-10-8-6-4-2)41(51)38-27-24-34-48(38)44(54)39-28-25-35-49(39)43(53)37-26-23-33-45-37/h36-39,45H,3-35H2,1-2H3,(H,46,50)(H,47,52)/t36?,37-,38-,39-/m0/s1. The average molecular weight is 758 g/mol. The van der Waals surface area contributed by atoms with Crippen molar-refractivity contribution in [1.82, 2.24) is 25.8 Å². The van der Waals surface area contributed by atoms with Crippen molar-refractivity contribution in [3.63, 3.8) is 0 Å². The van der Waals surface area contributed by atoms with Gasteiger partial charge in [0, 0.05) is 32.6 Å². The zero-order valence-corrected chi connectivity index (χ0v) is 34.6. The van der Waals surface area contributed by atoms with E-state index in [-0.39, 0.29) is 48.3 Å². The number of hydrogen-bond donors (Lipinski definition) is 3. The highest BCUT2D eigenvalue weighted by atomic mass is 16.2. The van der Waals surface area contributed by atoms with Crippen LogP contribution in [0.25, 0.3) is 0 Å². The molecule has 0 spiro atoms. The van der Waals surface area contributed by atoms with Crippen LogP contribution in [0.4, 0.5) is 0 Å². The maximum atomic E-state index is 14.2. The molecular weight excluding hydrogens is 679 g/mol. The fraction of sp³-hybridized carbons (Fsp3) is 0.886. The van der Waals surface area contributed by atoms with Crippen molar-refractivity contribution in [2.75, 3.05) is 32.7 Å². The summed E-state index contributed by atoms with van der Waals surface area (Å²) in [5.41, 5.74) is 0. The molecule has 3 aliphatic heterocycles. The van der Waals surface area contributed by atoms with E-state index in [0.29, 0.717) is 45.4 Å². The molecule has 0 radical (unpaired) electrons. The molecule has 0 aliphatic carbocycles. The van der Waals surface area contributed by atoms with Crippen LogP contribution in [0.5, 0.6) is 0 Å². The van der Waals surface area contributed by atoms with E-state index in [1.165, 1.54) is 96.3 Å². The first-order valence-electron chi connectivity index (χ1n) is 22.8. The smallest absolute Gasteiger partial charge is 0.245 e. The van der Waals surface area contributed by atoms with Crippen molar-refractivity contribution >= 4 is 29.4 Å². The Morgan fingerprint density at radius 2 is 1.06 bits per heavy atom. The van der Waals surface area contributed by atoms with Gasteiger partial charge in [-0.1, -0.05) is 129 Å². The normalized spacial score (nSPS) is 20.4. The second-order valence-electron chi connectivity index (χ2n) is 16.5. The lowest BCUT2D eigenvalue weighted by Crippen LogP contribution is -2.55. The van der Waals surface area contributed by atoms with Crippen LogP contribution >= 0.6 is 0 Å². The molecule has 3 aliphatic rings. The number of Topliss-reactive ketones (excluding diaryl/α,β-unsaturated/α-hetero) is 1. The Morgan fingerprint density at radius 3 is 1.57 bits per heavy atom. The quantitative estimate of drug-likeness (QED) is 0.0508. The topological polar surface area (TPSA) is 128 Å². The number of ketones is 1. The van der Waals surface area contributed by atoms with Crippen LogP contribution in [-0.2, 0) is 24.0 Å². The Balaban J connectivity index is 1.50. The van der Waals surface area contributed by atoms with Gasteiger partial charge in [-0.25, -0.2) is 0 Å². The first-order chi connectivity index (χ1) is 26.4. The van der Waals surface area contributed by atoms with Crippen LogP contribution in [0.2, 0.25) is 0 Å². The van der Waals surface area contributed by atoms with E-state index in [1.807, 2.05) is 0 Å². The third kappa shape index (κ3) is 16.7. The molecule has 0 saturated carbocycles. The summed E-state index contributed by atoms with van der Waals surface area (Å²) in [5, 5.41) is 9.31. The summed E-state index contributed by atoms with van der Waals surface area (Å²) in [4.78, 5) is 71.5. The van der Waals surface area contributed by atoms with E-state index >= 15 is 0 Å². The molecule has 0 aromatic rings. The van der Waals surface area contributed by atoms with Gasteiger partial charge in [-0.3, -0.25) is 24.0 Å². The molecule has 4 atom stereocenters.